The largest absolute Gasteiger partial charge is 0.487 e. The van der Waals surface area contributed by atoms with Crippen molar-refractivity contribution in [3.63, 3.8) is 0 Å². The van der Waals surface area contributed by atoms with Gasteiger partial charge in [-0.3, -0.25) is 9.59 Å². The van der Waals surface area contributed by atoms with Crippen LogP contribution in [0.1, 0.15) is 32.3 Å². The Morgan fingerprint density at radius 2 is 2.04 bits per heavy atom. The minimum atomic E-state index is -0.0491. The van der Waals surface area contributed by atoms with Crippen molar-refractivity contribution in [1.29, 1.82) is 0 Å². The van der Waals surface area contributed by atoms with Crippen LogP contribution in [-0.4, -0.2) is 53.9 Å². The van der Waals surface area contributed by atoms with Crippen LogP contribution in [0.15, 0.2) is 24.3 Å². The zero-order valence-electron chi connectivity index (χ0n) is 14.5. The Kier molecular flexibility index (Phi) is 5.07. The minimum absolute atomic E-state index is 0.0491. The fourth-order valence-corrected chi connectivity index (χ4v) is 3.40. The summed E-state index contributed by atoms with van der Waals surface area (Å²) in [4.78, 5) is 28.0. The van der Waals surface area contributed by atoms with Crippen molar-refractivity contribution in [1.82, 2.24) is 9.80 Å². The molecule has 0 N–H and O–H groups in total. The van der Waals surface area contributed by atoms with Gasteiger partial charge in [0.05, 0.1) is 19.0 Å². The first-order valence-electron chi connectivity index (χ1n) is 8.92. The molecule has 2 fully saturated rings. The van der Waals surface area contributed by atoms with Gasteiger partial charge in [-0.05, 0) is 37.5 Å². The van der Waals surface area contributed by atoms with Gasteiger partial charge >= 0.3 is 0 Å². The molecule has 2 saturated heterocycles. The number of carbonyl (C=O) groups excluding carboxylic acids is 2. The number of nitrogens with zero attached hydrogens (tertiary/aromatic N) is 2. The lowest BCUT2D eigenvalue weighted by molar-refractivity contribution is -0.149. The highest BCUT2D eigenvalue weighted by Crippen LogP contribution is 2.24. The quantitative estimate of drug-likeness (QED) is 0.831. The van der Waals surface area contributed by atoms with Gasteiger partial charge in [-0.25, -0.2) is 0 Å². The molecule has 0 bridgehead atoms. The van der Waals surface area contributed by atoms with Crippen molar-refractivity contribution in [2.24, 2.45) is 5.92 Å². The van der Waals surface area contributed by atoms with E-state index in [9.17, 15) is 9.59 Å². The van der Waals surface area contributed by atoms with E-state index in [1.165, 1.54) is 5.56 Å². The second-order valence-electron chi connectivity index (χ2n) is 6.65. The van der Waals surface area contributed by atoms with Crippen molar-refractivity contribution >= 4 is 11.8 Å². The Balaban J connectivity index is 1.49. The molecule has 2 amide bonds. The summed E-state index contributed by atoms with van der Waals surface area (Å²) < 4.78 is 5.96. The maximum Gasteiger partial charge on any atom is 0.227 e. The second-order valence-corrected chi connectivity index (χ2v) is 6.65. The number of likely N-dealkylation sites (tertiary alicyclic amines) is 2. The average Bonchev–Trinajstić information content (AvgIpc) is 2.57. The number of piperidine rings is 1. The third-order valence-corrected chi connectivity index (χ3v) is 5.00. The van der Waals surface area contributed by atoms with E-state index in [4.69, 9.17) is 4.74 Å². The third-order valence-electron chi connectivity index (χ3n) is 5.00. The maximum atomic E-state index is 12.6. The van der Waals surface area contributed by atoms with Gasteiger partial charge in [-0.2, -0.15) is 0 Å². The van der Waals surface area contributed by atoms with E-state index in [1.807, 2.05) is 24.0 Å². The summed E-state index contributed by atoms with van der Waals surface area (Å²) in [6.07, 6.45) is 2.23. The predicted molar refractivity (Wildman–Crippen MR) is 91.8 cm³/mol. The predicted octanol–water partition coefficient (Wildman–Crippen LogP) is 2.10. The molecule has 5 heteroatoms. The smallest absolute Gasteiger partial charge is 0.227 e. The summed E-state index contributed by atoms with van der Waals surface area (Å²) in [6.45, 7) is 6.62. The SMILES string of the molecule is CCc1cccc(OC2CN(C(=O)[C@@H]3CCC(=O)N(CC)C3)C2)c1. The number of benzene rings is 1. The van der Waals surface area contributed by atoms with Gasteiger partial charge in [0, 0.05) is 19.5 Å². The fraction of sp³-hybridized carbons (Fsp3) is 0.579. The van der Waals surface area contributed by atoms with Gasteiger partial charge in [0.1, 0.15) is 11.9 Å². The molecule has 0 aromatic heterocycles. The lowest BCUT2D eigenvalue weighted by Gasteiger charge is -2.42. The summed E-state index contributed by atoms with van der Waals surface area (Å²) in [5, 5.41) is 0. The fourth-order valence-electron chi connectivity index (χ4n) is 3.40. The van der Waals surface area contributed by atoms with Crippen molar-refractivity contribution in [2.45, 2.75) is 39.2 Å². The number of rotatable bonds is 5. The lowest BCUT2D eigenvalue weighted by Crippen LogP contribution is -2.59. The monoisotopic (exact) mass is 330 g/mol. The number of hydrogen-bond donors (Lipinski definition) is 0. The van der Waals surface area contributed by atoms with Gasteiger partial charge in [0.25, 0.3) is 0 Å². The topological polar surface area (TPSA) is 49.9 Å². The molecule has 1 aromatic rings. The van der Waals surface area contributed by atoms with Crippen molar-refractivity contribution in [3.05, 3.63) is 29.8 Å². The first-order valence-corrected chi connectivity index (χ1v) is 8.92. The summed E-state index contributed by atoms with van der Waals surface area (Å²) >= 11 is 0. The lowest BCUT2D eigenvalue weighted by atomic mass is 9.94. The Bertz CT molecular complexity index is 610. The van der Waals surface area contributed by atoms with E-state index < -0.39 is 0 Å². The van der Waals surface area contributed by atoms with Crippen LogP contribution in [0.5, 0.6) is 5.75 Å². The maximum absolute atomic E-state index is 12.6. The zero-order chi connectivity index (χ0) is 17.1. The van der Waals surface area contributed by atoms with Crippen LogP contribution in [0.2, 0.25) is 0 Å². The highest BCUT2D eigenvalue weighted by molar-refractivity contribution is 5.84. The molecular weight excluding hydrogens is 304 g/mol. The molecular formula is C19H26N2O3. The minimum Gasteiger partial charge on any atom is -0.487 e. The Morgan fingerprint density at radius 1 is 1.25 bits per heavy atom. The van der Waals surface area contributed by atoms with E-state index >= 15 is 0 Å². The first-order chi connectivity index (χ1) is 11.6. The van der Waals surface area contributed by atoms with Crippen LogP contribution >= 0.6 is 0 Å². The van der Waals surface area contributed by atoms with Gasteiger partial charge in [-0.1, -0.05) is 19.1 Å². The third kappa shape index (κ3) is 3.55. The molecule has 1 atom stereocenters. The van der Waals surface area contributed by atoms with Crippen LogP contribution in [0.3, 0.4) is 0 Å². The second kappa shape index (κ2) is 7.24. The van der Waals surface area contributed by atoms with Gasteiger partial charge in [0.15, 0.2) is 0 Å². The number of aryl methyl sites for hydroxylation is 1. The number of amides is 2. The van der Waals surface area contributed by atoms with E-state index in [1.54, 1.807) is 4.90 Å². The molecule has 2 aliphatic rings. The Labute approximate surface area is 143 Å². The van der Waals surface area contributed by atoms with Gasteiger partial charge < -0.3 is 14.5 Å². The summed E-state index contributed by atoms with van der Waals surface area (Å²) in [5.41, 5.74) is 1.26. The molecule has 0 saturated carbocycles. The molecule has 24 heavy (non-hydrogen) atoms. The van der Waals surface area contributed by atoms with E-state index in [0.717, 1.165) is 12.2 Å². The van der Waals surface area contributed by atoms with E-state index in [2.05, 4.69) is 19.1 Å². The molecule has 5 nitrogen and oxygen atoms in total. The standard InChI is InChI=1S/C19H26N2O3/c1-3-14-6-5-7-16(10-14)24-17-12-21(13-17)19(23)15-8-9-18(22)20(4-2)11-15/h5-7,10,15,17H,3-4,8-9,11-13H2,1-2H3/t15-/m1/s1. The van der Waals surface area contributed by atoms with E-state index in [-0.39, 0.29) is 23.8 Å². The highest BCUT2D eigenvalue weighted by atomic mass is 16.5. The average molecular weight is 330 g/mol. The molecule has 0 unspecified atom stereocenters. The number of hydrogen-bond acceptors (Lipinski definition) is 3. The van der Waals surface area contributed by atoms with E-state index in [0.29, 0.717) is 39.0 Å². The summed E-state index contributed by atoms with van der Waals surface area (Å²) in [5.74, 6) is 1.17. The summed E-state index contributed by atoms with van der Waals surface area (Å²) in [6, 6.07) is 8.13. The van der Waals surface area contributed by atoms with Crippen molar-refractivity contribution in [3.8, 4) is 5.75 Å². The number of carbonyl (C=O) groups is 2. The number of ether oxygens (including phenoxy) is 1. The van der Waals surface area contributed by atoms with Crippen LogP contribution in [0, 0.1) is 5.92 Å². The molecule has 0 aliphatic carbocycles. The molecule has 1 aromatic carbocycles. The van der Waals surface area contributed by atoms with Crippen molar-refractivity contribution in [2.75, 3.05) is 26.2 Å². The van der Waals surface area contributed by atoms with Crippen LogP contribution in [0.4, 0.5) is 0 Å². The molecule has 2 aliphatic heterocycles. The molecule has 0 spiro atoms. The Morgan fingerprint density at radius 3 is 2.75 bits per heavy atom. The van der Waals surface area contributed by atoms with Crippen LogP contribution in [0.25, 0.3) is 0 Å². The highest BCUT2D eigenvalue weighted by Gasteiger charge is 2.38. The van der Waals surface area contributed by atoms with Gasteiger partial charge in [0.2, 0.25) is 11.8 Å². The van der Waals surface area contributed by atoms with Crippen LogP contribution in [-0.2, 0) is 16.0 Å². The first kappa shape index (κ1) is 16.8. The normalized spacial score (nSPS) is 21.6. The van der Waals surface area contributed by atoms with Crippen LogP contribution < -0.4 is 4.74 Å². The zero-order valence-corrected chi connectivity index (χ0v) is 14.5. The molecule has 2 heterocycles. The molecule has 3 rings (SSSR count). The Hall–Kier alpha value is -2.04. The molecule has 0 radical (unpaired) electrons. The molecule has 130 valence electrons. The van der Waals surface area contributed by atoms with Gasteiger partial charge in [-0.15, -0.1) is 0 Å². The van der Waals surface area contributed by atoms with Crippen molar-refractivity contribution < 1.29 is 14.3 Å². The summed E-state index contributed by atoms with van der Waals surface area (Å²) in [7, 11) is 0.